The van der Waals surface area contributed by atoms with Gasteiger partial charge >= 0.3 is 5.97 Å². The molecule has 3 aromatic carbocycles. The highest BCUT2D eigenvalue weighted by atomic mass is 35.5. The van der Waals surface area contributed by atoms with Crippen molar-refractivity contribution in [2.75, 3.05) is 0 Å². The molecule has 1 fully saturated rings. The number of carbonyl (C=O) groups excluding carboxylic acids is 2. The Morgan fingerprint density at radius 2 is 1.62 bits per heavy atom. The average molecular weight is 504 g/mol. The van der Waals surface area contributed by atoms with Gasteiger partial charge in [0.15, 0.2) is 5.17 Å². The summed E-state index contributed by atoms with van der Waals surface area (Å²) in [5.41, 5.74) is 1.67. The maximum atomic E-state index is 12.3. The van der Waals surface area contributed by atoms with Crippen molar-refractivity contribution in [3.63, 3.8) is 0 Å². The first kappa shape index (κ1) is 22.4. The van der Waals surface area contributed by atoms with Gasteiger partial charge in [-0.2, -0.15) is 0 Å². The number of ether oxygens (including phenoxy) is 1. The minimum absolute atomic E-state index is 0.212. The summed E-state index contributed by atoms with van der Waals surface area (Å²) < 4.78 is 5.36. The molecule has 32 heavy (non-hydrogen) atoms. The number of carbonyl (C=O) groups is 2. The Balaban J connectivity index is 1.44. The van der Waals surface area contributed by atoms with Crippen molar-refractivity contribution in [2.45, 2.75) is 0 Å². The van der Waals surface area contributed by atoms with E-state index in [4.69, 9.17) is 39.5 Å². The van der Waals surface area contributed by atoms with Crippen LogP contribution in [0.5, 0.6) is 5.75 Å². The Kier molecular flexibility index (Phi) is 6.86. The topological polar surface area (TPSA) is 67.8 Å². The molecule has 0 unspecified atom stereocenters. The number of hydrogen-bond donors (Lipinski definition) is 1. The van der Waals surface area contributed by atoms with E-state index in [1.807, 2.05) is 0 Å². The van der Waals surface area contributed by atoms with Crippen molar-refractivity contribution < 1.29 is 14.3 Å². The molecule has 0 aliphatic carbocycles. The Labute approximate surface area is 203 Å². The van der Waals surface area contributed by atoms with Crippen LogP contribution in [0.3, 0.4) is 0 Å². The molecule has 0 bridgehead atoms. The summed E-state index contributed by atoms with van der Waals surface area (Å²) >= 11 is 19.0. The fraction of sp³-hybridized carbons (Fsp3) is 0. The highest BCUT2D eigenvalue weighted by molar-refractivity contribution is 8.18. The minimum Gasteiger partial charge on any atom is -0.423 e. The molecule has 4 rings (SSSR count). The van der Waals surface area contributed by atoms with E-state index in [2.05, 4.69) is 10.3 Å². The van der Waals surface area contributed by atoms with Crippen molar-refractivity contribution in [1.82, 2.24) is 5.32 Å². The molecule has 1 N–H and O–H groups in total. The van der Waals surface area contributed by atoms with Crippen molar-refractivity contribution >= 4 is 75.4 Å². The third-order valence-corrected chi connectivity index (χ3v) is 5.96. The number of esters is 1. The summed E-state index contributed by atoms with van der Waals surface area (Å²) in [6.07, 6.45) is 1.73. The van der Waals surface area contributed by atoms with Gasteiger partial charge in [-0.05, 0) is 78.0 Å². The van der Waals surface area contributed by atoms with Crippen molar-refractivity contribution in [3.05, 3.63) is 97.8 Å². The van der Waals surface area contributed by atoms with Gasteiger partial charge in [-0.1, -0.05) is 46.9 Å². The lowest BCUT2D eigenvalue weighted by Crippen LogP contribution is -2.19. The summed E-state index contributed by atoms with van der Waals surface area (Å²) in [5, 5.41) is 4.47. The summed E-state index contributed by atoms with van der Waals surface area (Å²) in [7, 11) is 0. The Hall–Kier alpha value is -2.77. The first-order chi connectivity index (χ1) is 15.4. The van der Waals surface area contributed by atoms with E-state index in [0.717, 1.165) is 5.56 Å². The van der Waals surface area contributed by atoms with Crippen LogP contribution >= 0.6 is 46.6 Å². The number of hydrogen-bond acceptors (Lipinski definition) is 5. The predicted molar refractivity (Wildman–Crippen MR) is 130 cm³/mol. The van der Waals surface area contributed by atoms with Crippen LogP contribution in [0.4, 0.5) is 5.69 Å². The van der Waals surface area contributed by atoms with Gasteiger partial charge < -0.3 is 10.1 Å². The fourth-order valence-corrected chi connectivity index (χ4v) is 4.17. The SMILES string of the molecule is O=C1NC(=Nc2ccc(Cl)cc2)S/C1=C\c1ccc(OC(=O)c2ccc(Cl)cc2Cl)cc1. The highest BCUT2D eigenvalue weighted by Crippen LogP contribution is 2.29. The smallest absolute Gasteiger partial charge is 0.345 e. The van der Waals surface area contributed by atoms with Gasteiger partial charge in [0, 0.05) is 10.0 Å². The van der Waals surface area contributed by atoms with Crippen molar-refractivity contribution in [1.29, 1.82) is 0 Å². The van der Waals surface area contributed by atoms with Crippen LogP contribution in [0.25, 0.3) is 6.08 Å². The summed E-state index contributed by atoms with van der Waals surface area (Å²) in [4.78, 5) is 29.5. The standard InChI is InChI=1S/C23H13Cl3N2O3S/c24-14-3-6-16(7-4-14)27-23-28-21(29)20(32-23)11-13-1-8-17(9-2-13)31-22(30)18-10-5-15(25)12-19(18)26/h1-12H,(H,27,28,29)/b20-11-. The van der Waals surface area contributed by atoms with Gasteiger partial charge in [-0.15, -0.1) is 0 Å². The Bertz CT molecular complexity index is 1260. The van der Waals surface area contributed by atoms with Crippen molar-refractivity contribution in [2.24, 2.45) is 4.99 Å². The molecule has 3 aromatic rings. The molecule has 1 amide bonds. The van der Waals surface area contributed by atoms with E-state index in [0.29, 0.717) is 31.6 Å². The number of benzene rings is 3. The van der Waals surface area contributed by atoms with Crippen LogP contribution < -0.4 is 10.1 Å². The monoisotopic (exact) mass is 502 g/mol. The van der Waals surface area contributed by atoms with Gasteiger partial charge in [-0.3, -0.25) is 4.79 Å². The molecule has 1 heterocycles. The molecule has 0 aromatic heterocycles. The van der Waals surface area contributed by atoms with E-state index < -0.39 is 5.97 Å². The van der Waals surface area contributed by atoms with Crippen LogP contribution in [0.1, 0.15) is 15.9 Å². The second kappa shape index (κ2) is 9.79. The van der Waals surface area contributed by atoms with E-state index in [-0.39, 0.29) is 16.5 Å². The maximum Gasteiger partial charge on any atom is 0.345 e. The van der Waals surface area contributed by atoms with Gasteiger partial charge in [0.1, 0.15) is 5.75 Å². The zero-order chi connectivity index (χ0) is 22.7. The largest absolute Gasteiger partial charge is 0.423 e. The molecular weight excluding hydrogens is 491 g/mol. The van der Waals surface area contributed by atoms with Gasteiger partial charge in [-0.25, -0.2) is 9.79 Å². The van der Waals surface area contributed by atoms with E-state index >= 15 is 0 Å². The third kappa shape index (κ3) is 5.53. The minimum atomic E-state index is -0.591. The molecule has 160 valence electrons. The maximum absolute atomic E-state index is 12.3. The van der Waals surface area contributed by atoms with E-state index in [1.54, 1.807) is 60.7 Å². The normalized spacial score (nSPS) is 15.8. The number of nitrogens with zero attached hydrogens (tertiary/aromatic N) is 1. The molecule has 1 aliphatic heterocycles. The zero-order valence-corrected chi connectivity index (χ0v) is 19.2. The lowest BCUT2D eigenvalue weighted by atomic mass is 10.2. The van der Waals surface area contributed by atoms with Crippen LogP contribution in [-0.4, -0.2) is 17.0 Å². The molecule has 5 nitrogen and oxygen atoms in total. The molecule has 1 saturated heterocycles. The summed E-state index contributed by atoms with van der Waals surface area (Å²) in [6.45, 7) is 0. The van der Waals surface area contributed by atoms with Crippen LogP contribution in [0.2, 0.25) is 15.1 Å². The Morgan fingerprint density at radius 3 is 2.31 bits per heavy atom. The number of amidine groups is 1. The average Bonchev–Trinajstić information content (AvgIpc) is 3.09. The first-order valence-electron chi connectivity index (χ1n) is 9.20. The number of halogens is 3. The number of rotatable bonds is 4. The molecule has 0 saturated carbocycles. The van der Waals surface area contributed by atoms with E-state index in [9.17, 15) is 9.59 Å². The van der Waals surface area contributed by atoms with Crippen molar-refractivity contribution in [3.8, 4) is 5.75 Å². The molecule has 1 aliphatic rings. The van der Waals surface area contributed by atoms with Gasteiger partial charge in [0.05, 0.1) is 21.2 Å². The van der Waals surface area contributed by atoms with Crippen LogP contribution in [-0.2, 0) is 4.79 Å². The number of nitrogens with one attached hydrogen (secondary N) is 1. The second-order valence-electron chi connectivity index (χ2n) is 6.54. The van der Waals surface area contributed by atoms with Crippen LogP contribution in [0.15, 0.2) is 76.6 Å². The lowest BCUT2D eigenvalue weighted by molar-refractivity contribution is -0.115. The Morgan fingerprint density at radius 1 is 0.938 bits per heavy atom. The third-order valence-electron chi connectivity index (χ3n) is 4.25. The second-order valence-corrected chi connectivity index (χ2v) is 8.85. The molecular formula is C23H13Cl3N2O3S. The molecule has 0 spiro atoms. The summed E-state index contributed by atoms with van der Waals surface area (Å²) in [5.74, 6) is -0.487. The predicted octanol–water partition coefficient (Wildman–Crippen LogP) is 6.76. The number of thioether (sulfide) groups is 1. The van der Waals surface area contributed by atoms with Crippen LogP contribution in [0, 0.1) is 0 Å². The fourth-order valence-electron chi connectivity index (χ4n) is 2.71. The molecule has 0 atom stereocenters. The number of aliphatic imine (C=N–C) groups is 1. The first-order valence-corrected chi connectivity index (χ1v) is 11.1. The van der Waals surface area contributed by atoms with Gasteiger partial charge in [0.25, 0.3) is 5.91 Å². The molecule has 9 heteroatoms. The quantitative estimate of drug-likeness (QED) is 0.243. The zero-order valence-electron chi connectivity index (χ0n) is 16.1. The molecule has 0 radical (unpaired) electrons. The summed E-state index contributed by atoms with van der Waals surface area (Å²) in [6, 6.07) is 18.3. The number of amides is 1. The lowest BCUT2D eigenvalue weighted by Gasteiger charge is -2.06. The highest BCUT2D eigenvalue weighted by Gasteiger charge is 2.23. The van der Waals surface area contributed by atoms with Gasteiger partial charge in [0.2, 0.25) is 0 Å². The van der Waals surface area contributed by atoms with E-state index in [1.165, 1.54) is 23.9 Å².